The molecule has 0 radical (unpaired) electrons. The fourth-order valence-corrected chi connectivity index (χ4v) is 6.80. The molecule has 0 fully saturated rings. The SMILES string of the molecule is O.O=C(O)c1ccccc1-c1c2cc(Br)c(=O)cc-2oc2[c]([Hg])c(O)c(Br)cc12.[Na+]. The summed E-state index contributed by atoms with van der Waals surface area (Å²) < 4.78 is 7.55. The van der Waals surface area contributed by atoms with Crippen LogP contribution in [0.2, 0.25) is 0 Å². The number of phenols is 1. The molecule has 1 aliphatic carbocycles. The van der Waals surface area contributed by atoms with Crippen LogP contribution in [0.3, 0.4) is 0 Å². The van der Waals surface area contributed by atoms with Crippen molar-refractivity contribution >= 4 is 51.9 Å². The van der Waals surface area contributed by atoms with Gasteiger partial charge in [0.25, 0.3) is 0 Å². The van der Waals surface area contributed by atoms with E-state index in [1.165, 1.54) is 12.1 Å². The molecule has 0 atom stereocenters. The number of carbonyl (C=O) groups is 1. The maximum atomic E-state index is 12.2. The van der Waals surface area contributed by atoms with Gasteiger partial charge in [-0.2, -0.15) is 0 Å². The summed E-state index contributed by atoms with van der Waals surface area (Å²) in [5.41, 5.74) is 2.13. The van der Waals surface area contributed by atoms with Gasteiger partial charge in [0.15, 0.2) is 0 Å². The molecule has 0 unspecified atom stereocenters. The van der Waals surface area contributed by atoms with Gasteiger partial charge in [-0.1, -0.05) is 0 Å². The van der Waals surface area contributed by atoms with Crippen LogP contribution >= 0.6 is 31.9 Å². The Labute approximate surface area is 225 Å². The minimum absolute atomic E-state index is 0. The van der Waals surface area contributed by atoms with E-state index in [9.17, 15) is 19.8 Å². The molecule has 30 heavy (non-hydrogen) atoms. The van der Waals surface area contributed by atoms with Gasteiger partial charge in [-0.3, -0.25) is 0 Å². The van der Waals surface area contributed by atoms with Crippen molar-refractivity contribution in [1.82, 2.24) is 0 Å². The van der Waals surface area contributed by atoms with Crippen LogP contribution in [0.1, 0.15) is 10.4 Å². The van der Waals surface area contributed by atoms with Crippen molar-refractivity contribution in [3.8, 4) is 28.2 Å². The van der Waals surface area contributed by atoms with E-state index >= 15 is 0 Å². The van der Waals surface area contributed by atoms with Crippen LogP contribution in [0.5, 0.6) is 5.75 Å². The Morgan fingerprint density at radius 2 is 1.70 bits per heavy atom. The summed E-state index contributed by atoms with van der Waals surface area (Å²) in [6.45, 7) is 0. The minimum atomic E-state index is -1.05. The fourth-order valence-electron chi connectivity index (χ4n) is 3.22. The van der Waals surface area contributed by atoms with Crippen LogP contribution in [0.15, 0.2) is 60.6 Å². The van der Waals surface area contributed by atoms with E-state index in [1.807, 2.05) is 0 Å². The third-order valence-corrected chi connectivity index (χ3v) is 8.29. The first-order chi connectivity index (χ1) is 13.3. The van der Waals surface area contributed by atoms with E-state index in [1.54, 1.807) is 30.3 Å². The average Bonchev–Trinajstić information content (AvgIpc) is 2.66. The number of carboxylic acid groups (broad SMARTS) is 1. The second-order valence-corrected chi connectivity index (χ2v) is 10.6. The molecule has 1 heterocycles. The average molecular weight is 731 g/mol. The molecule has 0 saturated carbocycles. The Morgan fingerprint density at radius 3 is 2.37 bits per heavy atom. The van der Waals surface area contributed by atoms with Gasteiger partial charge >= 0.3 is 222 Å². The first-order valence-electron chi connectivity index (χ1n) is 8.05. The summed E-state index contributed by atoms with van der Waals surface area (Å²) in [6, 6.07) is 11.4. The number of hydrogen-bond donors (Lipinski definition) is 2. The van der Waals surface area contributed by atoms with Gasteiger partial charge in [-0.15, -0.1) is 0 Å². The summed E-state index contributed by atoms with van der Waals surface area (Å²) >= 11 is 6.64. The van der Waals surface area contributed by atoms with E-state index in [2.05, 4.69) is 31.9 Å². The minimum Gasteiger partial charge on any atom is 1.00 e. The second-order valence-electron chi connectivity index (χ2n) is 6.17. The molecule has 2 aliphatic rings. The maximum absolute atomic E-state index is 12.2. The number of carboxylic acids is 1. The number of phenolic OH excluding ortho intramolecular Hbond substituents is 1. The second kappa shape index (κ2) is 9.81. The molecule has 0 spiro atoms. The molecular weight excluding hydrogens is 720 g/mol. The van der Waals surface area contributed by atoms with E-state index < -0.39 is 5.97 Å². The molecule has 2 aromatic rings. The molecule has 4 N–H and O–H groups in total. The van der Waals surface area contributed by atoms with Crippen molar-refractivity contribution in [3.63, 3.8) is 0 Å². The number of halogens is 2. The summed E-state index contributed by atoms with van der Waals surface area (Å²) in [5.74, 6) is -0.606. The Balaban J connectivity index is 0.00000160. The molecule has 0 amide bonds. The number of hydrogen-bond acceptors (Lipinski definition) is 4. The molecule has 1 aliphatic heterocycles. The molecule has 0 saturated heterocycles. The Morgan fingerprint density at radius 1 is 1.03 bits per heavy atom. The van der Waals surface area contributed by atoms with Crippen LogP contribution in [-0.2, 0) is 26.1 Å². The molecular formula is C20H11Br2HgNaO6+. The van der Waals surface area contributed by atoms with Crippen molar-refractivity contribution in [2.24, 2.45) is 0 Å². The number of rotatable bonds is 2. The molecule has 10 heteroatoms. The summed E-state index contributed by atoms with van der Waals surface area (Å²) in [5, 5.41) is 20.7. The summed E-state index contributed by atoms with van der Waals surface area (Å²) in [4.78, 5) is 24.0. The number of aromatic carboxylic acids is 1. The number of benzene rings is 3. The molecule has 2 aromatic carbocycles. The standard InChI is InChI=1S/C20H9Br2O5.Hg.Na.H2O/c21-13-5-11-17(7-15(13)23)27-18-8-16(24)14(22)6-12(18)19(11)9-3-1-2-4-10(9)20(25)26;;;/h1-7,24H,(H,25,26);;;1H2/q;;+1;. The molecule has 6 nitrogen and oxygen atoms in total. The summed E-state index contributed by atoms with van der Waals surface area (Å²) in [6.07, 6.45) is 0. The predicted octanol–water partition coefficient (Wildman–Crippen LogP) is 0.845. The van der Waals surface area contributed by atoms with Gasteiger partial charge in [0, 0.05) is 0 Å². The monoisotopic (exact) mass is 730 g/mol. The molecule has 0 aromatic heterocycles. The first kappa shape index (κ1) is 25.5. The zero-order valence-electron chi connectivity index (χ0n) is 15.6. The van der Waals surface area contributed by atoms with Crippen molar-refractivity contribution in [3.05, 3.63) is 67.2 Å². The van der Waals surface area contributed by atoms with Crippen LogP contribution in [0, 0.1) is 0 Å². The van der Waals surface area contributed by atoms with E-state index in [0.29, 0.717) is 45.4 Å². The van der Waals surface area contributed by atoms with Crippen molar-refractivity contribution in [1.29, 1.82) is 0 Å². The molecule has 4 rings (SSSR count). The smallest absolute Gasteiger partial charge is 1.00 e. The fraction of sp³-hybridized carbons (Fsp3) is 0. The number of fused-ring (bicyclic) bond motifs is 2. The van der Waals surface area contributed by atoms with Gasteiger partial charge in [0.1, 0.15) is 0 Å². The van der Waals surface area contributed by atoms with Gasteiger partial charge in [0.2, 0.25) is 0 Å². The molecule has 0 bridgehead atoms. The van der Waals surface area contributed by atoms with Gasteiger partial charge in [-0.25, -0.2) is 0 Å². The van der Waals surface area contributed by atoms with Crippen LogP contribution < -0.4 is 38.1 Å². The Hall–Kier alpha value is -0.745. The third-order valence-electron chi connectivity index (χ3n) is 4.51. The van der Waals surface area contributed by atoms with Gasteiger partial charge < -0.3 is 5.48 Å². The van der Waals surface area contributed by atoms with Crippen molar-refractivity contribution < 1.29 is 80.6 Å². The van der Waals surface area contributed by atoms with E-state index in [0.717, 1.165) is 0 Å². The normalized spacial score (nSPS) is 10.5. The van der Waals surface area contributed by atoms with Gasteiger partial charge in [-0.05, 0) is 0 Å². The zero-order valence-corrected chi connectivity index (χ0v) is 26.3. The largest absolute Gasteiger partial charge is 1.00 e. The zero-order chi connectivity index (χ0) is 20.2. The van der Waals surface area contributed by atoms with E-state index in [-0.39, 0.29) is 77.9 Å². The topological polar surface area (TPSA) is 119 Å². The predicted molar refractivity (Wildman–Crippen MR) is 112 cm³/mol. The van der Waals surface area contributed by atoms with Crippen LogP contribution in [-0.4, -0.2) is 21.7 Å². The summed E-state index contributed by atoms with van der Waals surface area (Å²) in [7, 11) is 0. The maximum Gasteiger partial charge on any atom is 1.00 e. The van der Waals surface area contributed by atoms with Crippen molar-refractivity contribution in [2.45, 2.75) is 0 Å². The Kier molecular flexibility index (Phi) is 8.34. The quantitative estimate of drug-likeness (QED) is 0.234. The van der Waals surface area contributed by atoms with Crippen molar-refractivity contribution in [2.75, 3.05) is 0 Å². The van der Waals surface area contributed by atoms with E-state index in [4.69, 9.17) is 4.42 Å². The first-order valence-corrected chi connectivity index (χ1v) is 12.4. The van der Waals surface area contributed by atoms with Gasteiger partial charge in [0.05, 0.1) is 0 Å². The van der Waals surface area contributed by atoms with Crippen LogP contribution in [0.25, 0.3) is 33.4 Å². The molecule has 143 valence electrons. The third kappa shape index (κ3) is 4.28. The number of aromatic hydroxyl groups is 1. The van der Waals surface area contributed by atoms with Crippen LogP contribution in [0.4, 0.5) is 0 Å². The Bertz CT molecular complexity index is 1320.